The summed E-state index contributed by atoms with van der Waals surface area (Å²) in [4.78, 5) is 0. The molecule has 2 rings (SSSR count). The fraction of sp³-hybridized carbons (Fsp3) is 1.00. The van der Waals surface area contributed by atoms with Crippen molar-refractivity contribution in [3.05, 3.63) is 0 Å². The van der Waals surface area contributed by atoms with Crippen LogP contribution in [0.15, 0.2) is 0 Å². The summed E-state index contributed by atoms with van der Waals surface area (Å²) in [6.07, 6.45) is 8.50. The van der Waals surface area contributed by atoms with Gasteiger partial charge in [0.05, 0.1) is 6.10 Å². The number of hydrogen-bond donors (Lipinski definition) is 3. The second-order valence-electron chi connectivity index (χ2n) is 4.38. The Labute approximate surface area is 87.1 Å². The highest BCUT2D eigenvalue weighted by Gasteiger charge is 2.07. The van der Waals surface area contributed by atoms with Crippen molar-refractivity contribution in [2.45, 2.75) is 57.1 Å². The third-order valence-corrected chi connectivity index (χ3v) is 2.96. The van der Waals surface area contributed by atoms with Crippen molar-refractivity contribution < 1.29 is 5.11 Å². The average molecular weight is 200 g/mol. The predicted molar refractivity (Wildman–Crippen MR) is 59.2 cm³/mol. The first kappa shape index (κ1) is 12.0. The highest BCUT2D eigenvalue weighted by molar-refractivity contribution is 4.66. The number of hydrogen-bond acceptors (Lipinski definition) is 3. The summed E-state index contributed by atoms with van der Waals surface area (Å²) in [5.41, 5.74) is 5.63. The molecule has 1 saturated carbocycles. The summed E-state index contributed by atoms with van der Waals surface area (Å²) in [5, 5.41) is 12.0. The lowest BCUT2D eigenvalue weighted by atomic mass is 9.97. The molecule has 2 fully saturated rings. The van der Waals surface area contributed by atoms with E-state index in [0.29, 0.717) is 6.04 Å². The van der Waals surface area contributed by atoms with Crippen LogP contribution >= 0.6 is 0 Å². The Hall–Kier alpha value is -0.120. The zero-order valence-corrected chi connectivity index (χ0v) is 9.04. The second kappa shape index (κ2) is 7.21. The normalized spacial score (nSPS) is 25.3. The van der Waals surface area contributed by atoms with Crippen LogP contribution in [0.1, 0.15) is 44.9 Å². The summed E-state index contributed by atoms with van der Waals surface area (Å²) in [5.74, 6) is 0. The molecule has 2 aliphatic rings. The molecular formula is C11H24N2O. The minimum Gasteiger partial charge on any atom is -0.393 e. The quantitative estimate of drug-likeness (QED) is 0.547. The Balaban J connectivity index is 0.000000140. The topological polar surface area (TPSA) is 58.3 Å². The number of aliphatic hydroxyl groups excluding tert-OH is 1. The van der Waals surface area contributed by atoms with Crippen molar-refractivity contribution in [2.75, 3.05) is 13.1 Å². The summed E-state index contributed by atoms with van der Waals surface area (Å²) in [6.45, 7) is 1.97. The third-order valence-electron chi connectivity index (χ3n) is 2.96. The molecule has 0 aromatic carbocycles. The molecule has 84 valence electrons. The smallest absolute Gasteiger partial charge is 0.0564 e. The first-order valence-electron chi connectivity index (χ1n) is 5.93. The second-order valence-corrected chi connectivity index (χ2v) is 4.38. The van der Waals surface area contributed by atoms with Crippen LogP contribution in [-0.2, 0) is 0 Å². The van der Waals surface area contributed by atoms with Crippen LogP contribution in [-0.4, -0.2) is 30.3 Å². The van der Waals surface area contributed by atoms with E-state index in [4.69, 9.17) is 10.8 Å². The van der Waals surface area contributed by atoms with Crippen molar-refractivity contribution in [3.63, 3.8) is 0 Å². The van der Waals surface area contributed by atoms with E-state index in [1.165, 1.54) is 32.1 Å². The maximum Gasteiger partial charge on any atom is 0.0564 e. The molecule has 0 spiro atoms. The Morgan fingerprint density at radius 2 is 1.50 bits per heavy atom. The average Bonchev–Trinajstić information content (AvgIpc) is 2.21. The minimum atomic E-state index is -0.0266. The molecule has 1 aliphatic carbocycles. The zero-order chi connectivity index (χ0) is 10.2. The Morgan fingerprint density at radius 3 is 1.79 bits per heavy atom. The molecule has 1 aliphatic heterocycles. The Morgan fingerprint density at radius 1 is 0.929 bits per heavy atom. The van der Waals surface area contributed by atoms with Gasteiger partial charge in [-0.2, -0.15) is 0 Å². The third kappa shape index (κ3) is 5.58. The van der Waals surface area contributed by atoms with E-state index in [0.717, 1.165) is 25.9 Å². The molecule has 1 heterocycles. The van der Waals surface area contributed by atoms with Crippen molar-refractivity contribution in [3.8, 4) is 0 Å². The molecular weight excluding hydrogens is 176 g/mol. The first-order valence-corrected chi connectivity index (χ1v) is 5.93. The van der Waals surface area contributed by atoms with E-state index in [1.807, 2.05) is 0 Å². The first-order chi connectivity index (χ1) is 6.79. The van der Waals surface area contributed by atoms with E-state index in [9.17, 15) is 0 Å². The van der Waals surface area contributed by atoms with Crippen LogP contribution in [0.2, 0.25) is 0 Å². The van der Waals surface area contributed by atoms with Gasteiger partial charge in [-0.05, 0) is 38.8 Å². The number of rotatable bonds is 0. The molecule has 1 saturated heterocycles. The molecule has 0 unspecified atom stereocenters. The molecule has 14 heavy (non-hydrogen) atoms. The van der Waals surface area contributed by atoms with Gasteiger partial charge in [0.1, 0.15) is 0 Å². The van der Waals surface area contributed by atoms with Crippen LogP contribution < -0.4 is 11.1 Å². The lowest BCUT2D eigenvalue weighted by molar-refractivity contribution is 0.137. The van der Waals surface area contributed by atoms with Gasteiger partial charge in [0.25, 0.3) is 0 Å². The standard InChI is InChI=1S/C6H13N.C5H11NO/c7-6-4-2-1-3-5-6;7-5-1-3-6-4-2-5/h6H,1-5,7H2;5-7H,1-4H2. The van der Waals surface area contributed by atoms with Gasteiger partial charge in [-0.3, -0.25) is 0 Å². The molecule has 4 N–H and O–H groups in total. The molecule has 3 nitrogen and oxygen atoms in total. The van der Waals surface area contributed by atoms with E-state index in [2.05, 4.69) is 5.32 Å². The molecule has 0 aromatic rings. The maximum absolute atomic E-state index is 8.87. The van der Waals surface area contributed by atoms with Gasteiger partial charge >= 0.3 is 0 Å². The van der Waals surface area contributed by atoms with Gasteiger partial charge in [-0.1, -0.05) is 19.3 Å². The van der Waals surface area contributed by atoms with Crippen molar-refractivity contribution >= 4 is 0 Å². The molecule has 0 amide bonds. The summed E-state index contributed by atoms with van der Waals surface area (Å²) >= 11 is 0. The highest BCUT2D eigenvalue weighted by atomic mass is 16.3. The Bertz CT molecular complexity index is 113. The van der Waals surface area contributed by atoms with E-state index >= 15 is 0 Å². The van der Waals surface area contributed by atoms with Crippen molar-refractivity contribution in [2.24, 2.45) is 5.73 Å². The van der Waals surface area contributed by atoms with E-state index in [1.54, 1.807) is 0 Å². The number of piperidine rings is 1. The Kier molecular flexibility index (Phi) is 6.15. The molecule has 0 bridgehead atoms. The largest absolute Gasteiger partial charge is 0.393 e. The van der Waals surface area contributed by atoms with Crippen LogP contribution in [0.5, 0.6) is 0 Å². The van der Waals surface area contributed by atoms with Gasteiger partial charge < -0.3 is 16.2 Å². The fourth-order valence-electron chi connectivity index (χ4n) is 1.94. The SMILES string of the molecule is NC1CCCCC1.OC1CCNCC1. The summed E-state index contributed by atoms with van der Waals surface area (Å²) in [6, 6.07) is 0.536. The molecule has 0 radical (unpaired) electrons. The predicted octanol–water partition coefficient (Wildman–Crippen LogP) is 1.01. The molecule has 0 atom stereocenters. The molecule has 0 aromatic heterocycles. The van der Waals surface area contributed by atoms with Crippen LogP contribution in [0, 0.1) is 0 Å². The minimum absolute atomic E-state index is 0.0266. The van der Waals surface area contributed by atoms with Gasteiger partial charge in [-0.25, -0.2) is 0 Å². The van der Waals surface area contributed by atoms with Gasteiger partial charge in [0, 0.05) is 6.04 Å². The fourth-order valence-corrected chi connectivity index (χ4v) is 1.94. The van der Waals surface area contributed by atoms with Gasteiger partial charge in [0.2, 0.25) is 0 Å². The van der Waals surface area contributed by atoms with Crippen molar-refractivity contribution in [1.82, 2.24) is 5.32 Å². The van der Waals surface area contributed by atoms with Crippen LogP contribution in [0.25, 0.3) is 0 Å². The van der Waals surface area contributed by atoms with Gasteiger partial charge in [0.15, 0.2) is 0 Å². The summed E-state index contributed by atoms with van der Waals surface area (Å²) < 4.78 is 0. The van der Waals surface area contributed by atoms with Crippen LogP contribution in [0.3, 0.4) is 0 Å². The number of nitrogens with two attached hydrogens (primary N) is 1. The number of nitrogens with one attached hydrogen (secondary N) is 1. The summed E-state index contributed by atoms with van der Waals surface area (Å²) in [7, 11) is 0. The lowest BCUT2D eigenvalue weighted by Crippen LogP contribution is -2.30. The lowest BCUT2D eigenvalue weighted by Gasteiger charge is -2.16. The zero-order valence-electron chi connectivity index (χ0n) is 9.04. The van der Waals surface area contributed by atoms with Crippen molar-refractivity contribution in [1.29, 1.82) is 0 Å². The molecule has 3 heteroatoms. The monoisotopic (exact) mass is 200 g/mol. The maximum atomic E-state index is 8.87. The van der Waals surface area contributed by atoms with E-state index in [-0.39, 0.29) is 6.10 Å². The van der Waals surface area contributed by atoms with Crippen LogP contribution in [0.4, 0.5) is 0 Å². The highest BCUT2D eigenvalue weighted by Crippen LogP contribution is 2.14. The number of aliphatic hydroxyl groups is 1. The van der Waals surface area contributed by atoms with E-state index < -0.39 is 0 Å². The van der Waals surface area contributed by atoms with Gasteiger partial charge in [-0.15, -0.1) is 0 Å².